The number of hydrogen-bond donors (Lipinski definition) is 0. The number of ether oxygens (including phenoxy) is 2. The quantitative estimate of drug-likeness (QED) is 0.300. The van der Waals surface area contributed by atoms with Crippen LogP contribution in [0.4, 0.5) is 0 Å². The van der Waals surface area contributed by atoms with Crippen LogP contribution in [0.25, 0.3) is 16.2 Å². The van der Waals surface area contributed by atoms with E-state index in [0.717, 1.165) is 15.0 Å². The summed E-state index contributed by atoms with van der Waals surface area (Å²) in [5.74, 6) is 0.237. The van der Waals surface area contributed by atoms with Crippen molar-refractivity contribution in [3.05, 3.63) is 69.5 Å². The zero-order valence-electron chi connectivity index (χ0n) is 13.1. The fourth-order valence-electron chi connectivity index (χ4n) is 2.16. The maximum Gasteiger partial charge on any atom is 0.330 e. The molecule has 0 aliphatic carbocycles. The number of benzene rings is 2. The molecule has 0 N–H and O–H groups in total. The molecule has 1 heterocycles. The molecular weight excluding hydrogens is 379 g/mol. The second-order valence-corrected chi connectivity index (χ2v) is 6.98. The van der Waals surface area contributed by atoms with E-state index in [4.69, 9.17) is 32.7 Å². The normalized spacial score (nSPS) is 11.1. The molecule has 128 valence electrons. The van der Waals surface area contributed by atoms with Crippen LogP contribution < -0.4 is 4.74 Å². The lowest BCUT2D eigenvalue weighted by molar-refractivity contribution is -0.138. The molecule has 0 bridgehead atoms. The van der Waals surface area contributed by atoms with Gasteiger partial charge in [0.15, 0.2) is 0 Å². The van der Waals surface area contributed by atoms with Gasteiger partial charge in [-0.25, -0.2) is 4.79 Å². The van der Waals surface area contributed by atoms with Gasteiger partial charge < -0.3 is 9.47 Å². The zero-order chi connectivity index (χ0) is 17.6. The first-order chi connectivity index (χ1) is 12.1. The molecule has 0 unspecified atom stereocenters. The molecule has 0 saturated heterocycles. The highest BCUT2D eigenvalue weighted by Crippen LogP contribution is 2.35. The summed E-state index contributed by atoms with van der Waals surface area (Å²) in [6.45, 7) is 0.427. The Morgan fingerprint density at radius 2 is 1.80 bits per heavy atom. The van der Waals surface area contributed by atoms with Crippen molar-refractivity contribution in [2.24, 2.45) is 0 Å². The first-order valence-electron chi connectivity index (χ1n) is 7.54. The molecule has 6 heteroatoms. The SMILES string of the molecule is O=C(/C=C/c1sc2ccccc2c1Cl)OCCOc1ccc(Cl)cc1. The second-order valence-electron chi connectivity index (χ2n) is 5.08. The average molecular weight is 393 g/mol. The number of halogens is 2. The fraction of sp³-hybridized carbons (Fsp3) is 0.105. The Hall–Kier alpha value is -2.01. The third kappa shape index (κ3) is 4.75. The van der Waals surface area contributed by atoms with E-state index in [1.54, 1.807) is 30.3 Å². The lowest BCUT2D eigenvalue weighted by atomic mass is 10.2. The summed E-state index contributed by atoms with van der Waals surface area (Å²) in [7, 11) is 0. The lowest BCUT2D eigenvalue weighted by Gasteiger charge is -2.06. The monoisotopic (exact) mass is 392 g/mol. The number of fused-ring (bicyclic) bond motifs is 1. The molecule has 0 saturated carbocycles. The van der Waals surface area contributed by atoms with Crippen LogP contribution in [0.15, 0.2) is 54.6 Å². The minimum atomic E-state index is -0.437. The van der Waals surface area contributed by atoms with Crippen molar-refractivity contribution in [3.63, 3.8) is 0 Å². The van der Waals surface area contributed by atoms with E-state index in [2.05, 4.69) is 0 Å². The van der Waals surface area contributed by atoms with Crippen LogP contribution in [0.5, 0.6) is 5.75 Å². The van der Waals surface area contributed by atoms with Gasteiger partial charge >= 0.3 is 5.97 Å². The first-order valence-corrected chi connectivity index (χ1v) is 9.11. The van der Waals surface area contributed by atoms with E-state index in [0.29, 0.717) is 15.8 Å². The van der Waals surface area contributed by atoms with E-state index in [1.165, 1.54) is 17.4 Å². The summed E-state index contributed by atoms with van der Waals surface area (Å²) >= 11 is 13.7. The molecule has 3 aromatic rings. The van der Waals surface area contributed by atoms with Crippen LogP contribution in [0.2, 0.25) is 10.0 Å². The highest BCUT2D eigenvalue weighted by Gasteiger charge is 2.07. The third-order valence-corrected chi connectivity index (χ3v) is 5.25. The van der Waals surface area contributed by atoms with Crippen molar-refractivity contribution >= 4 is 56.7 Å². The number of carbonyl (C=O) groups excluding carboxylic acids is 1. The van der Waals surface area contributed by atoms with E-state index >= 15 is 0 Å². The zero-order valence-corrected chi connectivity index (χ0v) is 15.4. The van der Waals surface area contributed by atoms with Crippen molar-refractivity contribution in [3.8, 4) is 5.75 Å². The second kappa shape index (κ2) is 8.39. The van der Waals surface area contributed by atoms with E-state index < -0.39 is 5.97 Å². The van der Waals surface area contributed by atoms with Gasteiger partial charge in [-0.05, 0) is 36.4 Å². The van der Waals surface area contributed by atoms with Gasteiger partial charge in [0.05, 0.1) is 5.02 Å². The van der Waals surface area contributed by atoms with Gasteiger partial charge in [0.1, 0.15) is 19.0 Å². The maximum absolute atomic E-state index is 11.8. The molecule has 1 aromatic heterocycles. The van der Waals surface area contributed by atoms with Crippen LogP contribution in [-0.4, -0.2) is 19.2 Å². The summed E-state index contributed by atoms with van der Waals surface area (Å²) in [6, 6.07) is 14.8. The van der Waals surface area contributed by atoms with Crippen LogP contribution in [0.3, 0.4) is 0 Å². The topological polar surface area (TPSA) is 35.5 Å². The van der Waals surface area contributed by atoms with E-state index in [1.807, 2.05) is 24.3 Å². The number of esters is 1. The van der Waals surface area contributed by atoms with Crippen LogP contribution in [-0.2, 0) is 9.53 Å². The standard InChI is InChI=1S/C19H14Cl2O3S/c20-13-5-7-14(8-6-13)23-11-12-24-18(22)10-9-17-19(21)15-3-1-2-4-16(15)25-17/h1-10H,11-12H2/b10-9+. The maximum atomic E-state index is 11.8. The van der Waals surface area contributed by atoms with Crippen LogP contribution in [0, 0.1) is 0 Å². The van der Waals surface area contributed by atoms with Gasteiger partial charge in [-0.2, -0.15) is 0 Å². The molecule has 0 aliphatic heterocycles. The minimum Gasteiger partial charge on any atom is -0.490 e. The molecule has 0 amide bonds. The largest absolute Gasteiger partial charge is 0.490 e. The molecule has 0 spiro atoms. The summed E-state index contributed by atoms with van der Waals surface area (Å²) in [6.07, 6.45) is 3.05. The van der Waals surface area contributed by atoms with Gasteiger partial charge in [0.25, 0.3) is 0 Å². The minimum absolute atomic E-state index is 0.159. The third-order valence-electron chi connectivity index (χ3n) is 3.34. The fourth-order valence-corrected chi connectivity index (χ4v) is 3.69. The van der Waals surface area contributed by atoms with E-state index in [-0.39, 0.29) is 13.2 Å². The number of thiophene rings is 1. The molecule has 0 radical (unpaired) electrons. The Morgan fingerprint density at radius 3 is 2.56 bits per heavy atom. The molecule has 3 nitrogen and oxygen atoms in total. The van der Waals surface area contributed by atoms with Gasteiger partial charge in [0, 0.05) is 26.1 Å². The number of hydrogen-bond acceptors (Lipinski definition) is 4. The smallest absolute Gasteiger partial charge is 0.330 e. The summed E-state index contributed by atoms with van der Waals surface area (Å²) in [4.78, 5) is 12.6. The Kier molecular flexibility index (Phi) is 5.97. The van der Waals surface area contributed by atoms with E-state index in [9.17, 15) is 4.79 Å². The van der Waals surface area contributed by atoms with Crippen LogP contribution >= 0.6 is 34.5 Å². The Labute approximate surface area is 159 Å². The van der Waals surface area contributed by atoms with Gasteiger partial charge in [-0.3, -0.25) is 0 Å². The number of carbonyl (C=O) groups is 1. The highest BCUT2D eigenvalue weighted by molar-refractivity contribution is 7.20. The summed E-state index contributed by atoms with van der Waals surface area (Å²) in [5, 5.41) is 2.28. The predicted molar refractivity (Wildman–Crippen MR) is 104 cm³/mol. The molecule has 25 heavy (non-hydrogen) atoms. The van der Waals surface area contributed by atoms with Crippen molar-refractivity contribution in [2.45, 2.75) is 0 Å². The highest BCUT2D eigenvalue weighted by atomic mass is 35.5. The first kappa shape index (κ1) is 17.8. The average Bonchev–Trinajstić information content (AvgIpc) is 2.95. The van der Waals surface area contributed by atoms with Crippen molar-refractivity contribution < 1.29 is 14.3 Å². The molecule has 3 rings (SSSR count). The molecular formula is C19H14Cl2O3S. The summed E-state index contributed by atoms with van der Waals surface area (Å²) in [5.41, 5.74) is 0. The number of rotatable bonds is 6. The van der Waals surface area contributed by atoms with Crippen LogP contribution in [0.1, 0.15) is 4.88 Å². The summed E-state index contributed by atoms with van der Waals surface area (Å²) < 4.78 is 11.6. The van der Waals surface area contributed by atoms with Gasteiger partial charge in [-0.15, -0.1) is 11.3 Å². The Morgan fingerprint density at radius 1 is 1.04 bits per heavy atom. The van der Waals surface area contributed by atoms with Crippen molar-refractivity contribution in [1.29, 1.82) is 0 Å². The van der Waals surface area contributed by atoms with Gasteiger partial charge in [0.2, 0.25) is 0 Å². The van der Waals surface area contributed by atoms with Crippen molar-refractivity contribution in [1.82, 2.24) is 0 Å². The molecule has 0 aliphatic rings. The molecule has 2 aromatic carbocycles. The Bertz CT molecular complexity index is 901. The molecule has 0 fully saturated rings. The predicted octanol–water partition coefficient (Wildman–Crippen LogP) is 5.84. The Balaban J connectivity index is 1.49. The van der Waals surface area contributed by atoms with Gasteiger partial charge in [-0.1, -0.05) is 41.4 Å². The van der Waals surface area contributed by atoms with Crippen molar-refractivity contribution in [2.75, 3.05) is 13.2 Å². The lowest BCUT2D eigenvalue weighted by Crippen LogP contribution is -2.10. The molecule has 0 atom stereocenters.